The number of nitrogens with zero attached hydrogens (tertiary/aromatic N) is 2. The second-order valence-electron chi connectivity index (χ2n) is 7.64. The third kappa shape index (κ3) is 5.53. The van der Waals surface area contributed by atoms with Gasteiger partial charge in [-0.05, 0) is 32.0 Å². The number of aromatic nitrogens is 1. The number of carbonyl (C=O) groups excluding carboxylic acids is 1. The van der Waals surface area contributed by atoms with Gasteiger partial charge in [-0.1, -0.05) is 11.6 Å². The van der Waals surface area contributed by atoms with E-state index >= 15 is 0 Å². The molecule has 2 atom stereocenters. The fourth-order valence-corrected chi connectivity index (χ4v) is 3.22. The molecule has 1 aliphatic rings. The van der Waals surface area contributed by atoms with E-state index in [1.807, 2.05) is 0 Å². The van der Waals surface area contributed by atoms with Gasteiger partial charge >= 0.3 is 18.9 Å². The molecule has 1 aromatic heterocycles. The summed E-state index contributed by atoms with van der Waals surface area (Å²) >= 11 is 5.83. The molecule has 1 aliphatic heterocycles. The molecular weight excluding hydrogens is 510 g/mol. The van der Waals surface area contributed by atoms with Gasteiger partial charge in [0.2, 0.25) is 11.5 Å². The van der Waals surface area contributed by atoms with Gasteiger partial charge in [-0.15, -0.1) is 0 Å². The van der Waals surface area contributed by atoms with E-state index in [0.29, 0.717) is 6.92 Å². The summed E-state index contributed by atoms with van der Waals surface area (Å²) in [7, 11) is 0. The molecule has 0 saturated carbocycles. The number of rotatable bonds is 5. The minimum atomic E-state index is -4.85. The molecule has 1 aromatic carbocycles. The average molecular weight is 527 g/mol. The number of aliphatic imine (C=N–C) groups is 1. The molecule has 15 heteroatoms. The van der Waals surface area contributed by atoms with E-state index in [1.165, 1.54) is 6.92 Å². The van der Waals surface area contributed by atoms with Crippen molar-refractivity contribution < 1.29 is 45.3 Å². The minimum Gasteiger partial charge on any atom is -0.433 e. The Labute approximate surface area is 199 Å². The number of ether oxygens (including phenoxy) is 3. The number of nitrogens with one attached hydrogen (secondary N) is 1. The van der Waals surface area contributed by atoms with Crippen molar-refractivity contribution in [2.24, 2.45) is 10.7 Å². The van der Waals surface area contributed by atoms with Crippen molar-refractivity contribution in [2.75, 3.05) is 11.9 Å². The number of carbonyl (C=O) groups is 1. The van der Waals surface area contributed by atoms with Crippen LogP contribution in [-0.2, 0) is 10.3 Å². The highest BCUT2D eigenvalue weighted by Gasteiger charge is 2.59. The molecule has 0 unspecified atom stereocenters. The van der Waals surface area contributed by atoms with Crippen molar-refractivity contribution in [1.82, 2.24) is 4.98 Å². The van der Waals surface area contributed by atoms with E-state index < -0.39 is 54.2 Å². The molecule has 0 aliphatic carbocycles. The van der Waals surface area contributed by atoms with E-state index in [1.54, 1.807) is 0 Å². The van der Waals surface area contributed by atoms with Gasteiger partial charge in [0.05, 0.1) is 12.8 Å². The normalized spacial score (nSPS) is 22.5. The maximum Gasteiger partial charge on any atom is 0.424 e. The fourth-order valence-electron chi connectivity index (χ4n) is 3.03. The first-order valence-corrected chi connectivity index (χ1v) is 9.98. The lowest BCUT2D eigenvalue weighted by atomic mass is 9.89. The van der Waals surface area contributed by atoms with Crippen LogP contribution in [0.4, 0.5) is 36.8 Å². The molecule has 0 bridgehead atoms. The van der Waals surface area contributed by atoms with Crippen molar-refractivity contribution in [2.45, 2.75) is 37.8 Å². The molecule has 35 heavy (non-hydrogen) atoms. The third-order valence-electron chi connectivity index (χ3n) is 5.03. The first-order valence-electron chi connectivity index (χ1n) is 9.60. The van der Waals surface area contributed by atoms with Crippen molar-refractivity contribution in [1.29, 1.82) is 0 Å². The highest BCUT2D eigenvalue weighted by Crippen LogP contribution is 2.41. The first-order chi connectivity index (χ1) is 16.1. The van der Waals surface area contributed by atoms with Gasteiger partial charge in [-0.25, -0.2) is 14.2 Å². The number of hydrogen-bond acceptors (Lipinski definition) is 7. The number of amides is 1. The molecule has 190 valence electrons. The van der Waals surface area contributed by atoms with Crippen LogP contribution in [0.15, 0.2) is 35.5 Å². The number of nitrogens with two attached hydrogens (primary N) is 1. The van der Waals surface area contributed by atoms with Gasteiger partial charge in [0, 0.05) is 17.3 Å². The summed E-state index contributed by atoms with van der Waals surface area (Å²) in [4.78, 5) is 19.7. The van der Waals surface area contributed by atoms with E-state index in [2.05, 4.69) is 20.0 Å². The summed E-state index contributed by atoms with van der Waals surface area (Å²) in [5.74, 6) is -2.55. The quantitative estimate of drug-likeness (QED) is 0.530. The molecule has 3 N–H and O–H groups in total. The second-order valence-corrected chi connectivity index (χ2v) is 8.04. The highest BCUT2D eigenvalue weighted by atomic mass is 35.5. The van der Waals surface area contributed by atoms with Crippen LogP contribution in [-0.4, -0.2) is 41.9 Å². The summed E-state index contributed by atoms with van der Waals surface area (Å²) in [5.41, 5.74) is 0.808. The average Bonchev–Trinajstić information content (AvgIpc) is 2.73. The summed E-state index contributed by atoms with van der Waals surface area (Å²) < 4.78 is 93.1. The van der Waals surface area contributed by atoms with E-state index in [0.717, 1.165) is 30.5 Å². The molecule has 0 spiro atoms. The number of halogens is 7. The molecule has 2 heterocycles. The predicted molar refractivity (Wildman–Crippen MR) is 111 cm³/mol. The number of hydrogen-bond donors (Lipinski definition) is 2. The topological polar surface area (TPSA) is 108 Å². The zero-order chi connectivity index (χ0) is 26.2. The lowest BCUT2D eigenvalue weighted by Gasteiger charge is -2.41. The van der Waals surface area contributed by atoms with Gasteiger partial charge in [0.25, 0.3) is 0 Å². The van der Waals surface area contributed by atoms with Crippen molar-refractivity contribution in [3.63, 3.8) is 0 Å². The van der Waals surface area contributed by atoms with Crippen LogP contribution in [0.3, 0.4) is 0 Å². The maximum absolute atomic E-state index is 14.6. The van der Waals surface area contributed by atoms with Crippen LogP contribution in [0.5, 0.6) is 11.6 Å². The van der Waals surface area contributed by atoms with Gasteiger partial charge in [-0.2, -0.15) is 22.0 Å². The Bertz CT molecular complexity index is 1160. The van der Waals surface area contributed by atoms with Crippen LogP contribution in [0.2, 0.25) is 5.02 Å². The lowest BCUT2D eigenvalue weighted by Crippen LogP contribution is -2.60. The zero-order valence-electron chi connectivity index (χ0n) is 17.9. The van der Waals surface area contributed by atoms with Gasteiger partial charge in [-0.3, -0.25) is 10.3 Å². The van der Waals surface area contributed by atoms with Crippen LogP contribution in [0.1, 0.15) is 19.4 Å². The van der Waals surface area contributed by atoms with E-state index in [9.17, 15) is 31.1 Å². The monoisotopic (exact) mass is 526 g/mol. The summed E-state index contributed by atoms with van der Waals surface area (Å²) in [6.07, 6.45) is -5.15. The van der Waals surface area contributed by atoms with Crippen LogP contribution in [0, 0.1) is 5.82 Å². The van der Waals surface area contributed by atoms with Crippen molar-refractivity contribution in [3.05, 3.63) is 46.9 Å². The van der Waals surface area contributed by atoms with Gasteiger partial charge < -0.3 is 19.9 Å². The molecule has 2 aromatic rings. The number of benzene rings is 1. The van der Waals surface area contributed by atoms with Crippen molar-refractivity contribution in [3.8, 4) is 11.6 Å². The lowest BCUT2D eigenvalue weighted by molar-refractivity contribution is -0.249. The highest BCUT2D eigenvalue weighted by molar-refractivity contribution is 6.32. The molecular formula is C20H17ClF6N4O4. The zero-order valence-corrected chi connectivity index (χ0v) is 18.7. The SMILES string of the molecule is C[C@@]1(c2cc(NC(=O)Oc3ncc(OC(F)F)cc3Cl)ccc2F)CO[C@@](C)(C(F)(F)F)C(N)=N1. The predicted octanol–water partition coefficient (Wildman–Crippen LogP) is 5.01. The number of anilines is 1. The largest absolute Gasteiger partial charge is 0.433 e. The Morgan fingerprint density at radius 1 is 1.29 bits per heavy atom. The maximum atomic E-state index is 14.6. The first kappa shape index (κ1) is 26.3. The van der Waals surface area contributed by atoms with Crippen LogP contribution >= 0.6 is 11.6 Å². The van der Waals surface area contributed by atoms with E-state index in [-0.39, 0.29) is 22.0 Å². The Balaban J connectivity index is 1.80. The second kappa shape index (κ2) is 9.41. The number of pyridine rings is 1. The summed E-state index contributed by atoms with van der Waals surface area (Å²) in [6.45, 7) is -1.76. The molecule has 0 radical (unpaired) electrons. The Morgan fingerprint density at radius 2 is 1.97 bits per heavy atom. The molecule has 3 rings (SSSR count). The van der Waals surface area contributed by atoms with Gasteiger partial charge in [0.1, 0.15) is 28.0 Å². The van der Waals surface area contributed by atoms with Gasteiger partial charge in [0.15, 0.2) is 0 Å². The fraction of sp³-hybridized carbons (Fsp3) is 0.350. The number of alkyl halides is 5. The number of amidine groups is 1. The Morgan fingerprint density at radius 3 is 2.54 bits per heavy atom. The summed E-state index contributed by atoms with van der Waals surface area (Å²) in [6, 6.07) is 4.15. The van der Waals surface area contributed by atoms with E-state index in [4.69, 9.17) is 26.8 Å². The van der Waals surface area contributed by atoms with Crippen molar-refractivity contribution >= 4 is 29.2 Å². The molecule has 1 amide bonds. The smallest absolute Gasteiger partial charge is 0.424 e. The molecule has 0 saturated heterocycles. The minimum absolute atomic E-state index is 0.0284. The molecule has 0 fully saturated rings. The van der Waals surface area contributed by atoms with Crippen LogP contribution in [0.25, 0.3) is 0 Å². The standard InChI is InChI=1S/C20H17ClF6N4O4/c1-18(8-33-19(2,15(28)31-18)20(25,26)27)11-5-9(3-4-13(11)22)30-17(32)35-14-12(21)6-10(7-29-14)34-16(23)24/h3-7,16H,8H2,1-2H3,(H2,28,31)(H,30,32)/t18-,19+/m0/s1. The summed E-state index contributed by atoms with van der Waals surface area (Å²) in [5, 5.41) is 1.94. The van der Waals surface area contributed by atoms with Crippen LogP contribution < -0.4 is 20.5 Å². The third-order valence-corrected chi connectivity index (χ3v) is 5.30. The Kier molecular flexibility index (Phi) is 7.09. The molecule has 8 nitrogen and oxygen atoms in total. The Hall–Kier alpha value is -3.26.